The first-order chi connectivity index (χ1) is 12.1. The number of urea groups is 1. The molecule has 6 nitrogen and oxygen atoms in total. The summed E-state index contributed by atoms with van der Waals surface area (Å²) in [4.78, 5) is 11.9. The van der Waals surface area contributed by atoms with Gasteiger partial charge in [0.1, 0.15) is 0 Å². The molecule has 1 saturated carbocycles. The molecule has 1 aromatic heterocycles. The van der Waals surface area contributed by atoms with Crippen molar-refractivity contribution in [3.05, 3.63) is 48.3 Å². The Morgan fingerprint density at radius 3 is 2.60 bits per heavy atom. The first-order valence-corrected chi connectivity index (χ1v) is 8.98. The van der Waals surface area contributed by atoms with E-state index in [-0.39, 0.29) is 6.03 Å². The lowest BCUT2D eigenvalue weighted by Gasteiger charge is -2.32. The maximum Gasteiger partial charge on any atom is 0.314 e. The van der Waals surface area contributed by atoms with Crippen molar-refractivity contribution in [3.8, 4) is 5.69 Å². The van der Waals surface area contributed by atoms with E-state index >= 15 is 0 Å². The number of aliphatic hydroxyl groups is 1. The maximum absolute atomic E-state index is 11.9. The van der Waals surface area contributed by atoms with Crippen LogP contribution in [0.25, 0.3) is 5.69 Å². The molecule has 1 aromatic carbocycles. The predicted molar refractivity (Wildman–Crippen MR) is 96.7 cm³/mol. The average Bonchev–Trinajstić information content (AvgIpc) is 3.16. The summed E-state index contributed by atoms with van der Waals surface area (Å²) in [6.45, 7) is 0.892. The van der Waals surface area contributed by atoms with Crippen molar-refractivity contribution in [2.45, 2.75) is 44.1 Å². The normalized spacial score (nSPS) is 16.4. The Morgan fingerprint density at radius 1 is 1.16 bits per heavy atom. The summed E-state index contributed by atoms with van der Waals surface area (Å²) in [6.07, 6.45) is 9.21. The summed E-state index contributed by atoms with van der Waals surface area (Å²) >= 11 is 0. The minimum Gasteiger partial charge on any atom is -0.388 e. The second kappa shape index (κ2) is 8.16. The molecule has 0 spiro atoms. The molecule has 1 aliphatic rings. The summed E-state index contributed by atoms with van der Waals surface area (Å²) in [6, 6.07) is 9.79. The third-order valence-electron chi connectivity index (χ3n) is 4.77. The highest BCUT2D eigenvalue weighted by atomic mass is 16.3. The number of hydrogen-bond acceptors (Lipinski definition) is 3. The van der Waals surface area contributed by atoms with Crippen LogP contribution in [0.2, 0.25) is 0 Å². The molecule has 0 aliphatic heterocycles. The molecule has 2 aromatic rings. The van der Waals surface area contributed by atoms with Gasteiger partial charge in [-0.25, -0.2) is 9.48 Å². The molecule has 6 heteroatoms. The van der Waals surface area contributed by atoms with Crippen molar-refractivity contribution in [1.82, 2.24) is 20.4 Å². The molecule has 25 heavy (non-hydrogen) atoms. The fourth-order valence-electron chi connectivity index (χ4n) is 3.25. The second-order valence-corrected chi connectivity index (χ2v) is 6.76. The summed E-state index contributed by atoms with van der Waals surface area (Å²) in [5.74, 6) is 0. The third-order valence-corrected chi connectivity index (χ3v) is 4.77. The zero-order valence-corrected chi connectivity index (χ0v) is 14.4. The van der Waals surface area contributed by atoms with Crippen molar-refractivity contribution < 1.29 is 9.90 Å². The molecule has 1 fully saturated rings. The van der Waals surface area contributed by atoms with Gasteiger partial charge in [-0.2, -0.15) is 5.10 Å². The van der Waals surface area contributed by atoms with Crippen molar-refractivity contribution in [3.63, 3.8) is 0 Å². The number of carbonyl (C=O) groups excluding carboxylic acids is 1. The van der Waals surface area contributed by atoms with Gasteiger partial charge in [-0.15, -0.1) is 0 Å². The largest absolute Gasteiger partial charge is 0.388 e. The number of benzene rings is 1. The van der Waals surface area contributed by atoms with Crippen LogP contribution in [-0.4, -0.2) is 39.6 Å². The first kappa shape index (κ1) is 17.5. The van der Waals surface area contributed by atoms with E-state index in [9.17, 15) is 9.90 Å². The molecule has 0 saturated heterocycles. The second-order valence-electron chi connectivity index (χ2n) is 6.76. The van der Waals surface area contributed by atoms with E-state index in [1.54, 1.807) is 6.20 Å². The van der Waals surface area contributed by atoms with Crippen LogP contribution in [0.15, 0.2) is 42.7 Å². The maximum atomic E-state index is 11.9. The minimum absolute atomic E-state index is 0.216. The average molecular weight is 342 g/mol. The van der Waals surface area contributed by atoms with Crippen molar-refractivity contribution in [1.29, 1.82) is 0 Å². The lowest BCUT2D eigenvalue weighted by molar-refractivity contribution is 0.00720. The molecule has 134 valence electrons. The van der Waals surface area contributed by atoms with Crippen LogP contribution in [0, 0.1) is 0 Å². The van der Waals surface area contributed by atoms with Gasteiger partial charge in [0.25, 0.3) is 0 Å². The monoisotopic (exact) mass is 342 g/mol. The highest BCUT2D eigenvalue weighted by Crippen LogP contribution is 2.27. The Bertz CT molecular complexity index is 661. The lowest BCUT2D eigenvalue weighted by atomic mass is 9.85. The van der Waals surface area contributed by atoms with Gasteiger partial charge >= 0.3 is 6.03 Å². The van der Waals surface area contributed by atoms with Crippen LogP contribution in [-0.2, 0) is 6.42 Å². The Balaban J connectivity index is 1.38. The number of nitrogens with zero attached hydrogens (tertiary/aromatic N) is 2. The molecule has 0 atom stereocenters. The van der Waals surface area contributed by atoms with Gasteiger partial charge in [-0.05, 0) is 43.0 Å². The summed E-state index contributed by atoms with van der Waals surface area (Å²) in [5, 5.41) is 20.2. The van der Waals surface area contributed by atoms with Crippen LogP contribution in [0.3, 0.4) is 0 Å². The number of carbonyl (C=O) groups is 1. The number of hydrogen-bond donors (Lipinski definition) is 3. The molecule has 3 rings (SSSR count). The minimum atomic E-state index is -0.724. The van der Waals surface area contributed by atoms with E-state index in [4.69, 9.17) is 0 Å². The highest BCUT2D eigenvalue weighted by Gasteiger charge is 2.29. The fourth-order valence-corrected chi connectivity index (χ4v) is 3.25. The topological polar surface area (TPSA) is 79.2 Å². The molecule has 3 N–H and O–H groups in total. The molecule has 0 unspecified atom stereocenters. The van der Waals surface area contributed by atoms with Crippen molar-refractivity contribution in [2.75, 3.05) is 13.1 Å². The molecule has 0 bridgehead atoms. The third kappa shape index (κ3) is 5.06. The first-order valence-electron chi connectivity index (χ1n) is 8.98. The SMILES string of the molecule is O=C(NCCc1ccc(-n2cccn2)cc1)NCC1(O)CCCCC1. The van der Waals surface area contributed by atoms with Crippen LogP contribution in [0.4, 0.5) is 4.79 Å². The van der Waals surface area contributed by atoms with E-state index in [1.165, 1.54) is 6.42 Å². The Hall–Kier alpha value is -2.34. The molecule has 1 heterocycles. The van der Waals surface area contributed by atoms with Gasteiger partial charge in [-0.1, -0.05) is 31.4 Å². The van der Waals surface area contributed by atoms with Gasteiger partial charge < -0.3 is 15.7 Å². The van der Waals surface area contributed by atoms with Gasteiger partial charge in [0, 0.05) is 25.5 Å². The van der Waals surface area contributed by atoms with Gasteiger partial charge in [-0.3, -0.25) is 0 Å². The summed E-state index contributed by atoms with van der Waals surface area (Å²) in [7, 11) is 0. The quantitative estimate of drug-likeness (QED) is 0.754. The van der Waals surface area contributed by atoms with Crippen LogP contribution >= 0.6 is 0 Å². The standard InChI is InChI=1S/C19H26N4O2/c24-18(21-15-19(25)10-2-1-3-11-19)20-13-9-16-5-7-17(8-6-16)23-14-4-12-22-23/h4-8,12,14,25H,1-3,9-11,13,15H2,(H2,20,21,24). The van der Waals surface area contributed by atoms with Crippen molar-refractivity contribution in [2.24, 2.45) is 0 Å². The Morgan fingerprint density at radius 2 is 1.92 bits per heavy atom. The zero-order chi connectivity index (χ0) is 17.5. The molecular weight excluding hydrogens is 316 g/mol. The van der Waals surface area contributed by atoms with Gasteiger partial charge in [0.2, 0.25) is 0 Å². The lowest BCUT2D eigenvalue weighted by Crippen LogP contribution is -2.47. The number of amides is 2. The molecular formula is C19H26N4O2. The smallest absolute Gasteiger partial charge is 0.314 e. The van der Waals surface area contributed by atoms with Gasteiger partial charge in [0.05, 0.1) is 11.3 Å². The predicted octanol–water partition coefficient (Wildman–Crippen LogP) is 2.41. The zero-order valence-electron chi connectivity index (χ0n) is 14.4. The van der Waals surface area contributed by atoms with E-state index < -0.39 is 5.60 Å². The van der Waals surface area contributed by atoms with E-state index in [0.29, 0.717) is 13.1 Å². The summed E-state index contributed by atoms with van der Waals surface area (Å²) < 4.78 is 1.81. The fraction of sp³-hybridized carbons (Fsp3) is 0.474. The van der Waals surface area contributed by atoms with E-state index in [1.807, 2.05) is 41.2 Å². The highest BCUT2D eigenvalue weighted by molar-refractivity contribution is 5.73. The summed E-state index contributed by atoms with van der Waals surface area (Å²) in [5.41, 5.74) is 1.44. The van der Waals surface area contributed by atoms with Crippen LogP contribution in [0.1, 0.15) is 37.7 Å². The number of rotatable bonds is 6. The molecule has 1 aliphatic carbocycles. The van der Waals surface area contributed by atoms with E-state index in [2.05, 4.69) is 15.7 Å². The molecule has 2 amide bonds. The van der Waals surface area contributed by atoms with Crippen molar-refractivity contribution >= 4 is 6.03 Å². The Labute approximate surface area is 148 Å². The van der Waals surface area contributed by atoms with Crippen LogP contribution in [0.5, 0.6) is 0 Å². The number of aromatic nitrogens is 2. The Kier molecular flexibility index (Phi) is 5.71. The van der Waals surface area contributed by atoms with Gasteiger partial charge in [0.15, 0.2) is 0 Å². The van der Waals surface area contributed by atoms with E-state index in [0.717, 1.165) is 43.4 Å². The molecule has 0 radical (unpaired) electrons. The van der Waals surface area contributed by atoms with Crippen LogP contribution < -0.4 is 10.6 Å². The number of nitrogens with one attached hydrogen (secondary N) is 2.